The minimum atomic E-state index is 0.409. The lowest BCUT2D eigenvalue weighted by Gasteiger charge is -2.19. The Labute approximate surface area is 107 Å². The van der Waals surface area contributed by atoms with E-state index in [-0.39, 0.29) is 0 Å². The number of hydrogen-bond donors (Lipinski definition) is 1. The molecule has 1 heterocycles. The molecule has 2 atom stereocenters. The van der Waals surface area contributed by atoms with Crippen LogP contribution in [0, 0.1) is 0 Å². The summed E-state index contributed by atoms with van der Waals surface area (Å²) >= 11 is 7.56. The molecule has 0 aliphatic heterocycles. The van der Waals surface area contributed by atoms with Gasteiger partial charge in [-0.25, -0.2) is 0 Å². The van der Waals surface area contributed by atoms with Gasteiger partial charge < -0.3 is 10.1 Å². The van der Waals surface area contributed by atoms with Gasteiger partial charge >= 0.3 is 0 Å². The quantitative estimate of drug-likeness (QED) is 0.813. The van der Waals surface area contributed by atoms with Crippen molar-refractivity contribution in [3.63, 3.8) is 0 Å². The molecule has 0 fully saturated rings. The zero-order valence-electron chi connectivity index (χ0n) is 10.1. The zero-order valence-corrected chi connectivity index (χ0v) is 11.7. The standard InChI is InChI=1S/C12H20ClNOS/c1-9(14-10(2)8-15-3)4-5-11-6-7-12(13)16-11/h6-7,9-10,14H,4-5,8H2,1-3H3. The minimum absolute atomic E-state index is 0.409. The number of aryl methyl sites for hydroxylation is 1. The average molecular weight is 262 g/mol. The minimum Gasteiger partial charge on any atom is -0.383 e. The second-order valence-electron chi connectivity index (χ2n) is 4.17. The van der Waals surface area contributed by atoms with Gasteiger partial charge in [0, 0.05) is 24.1 Å². The van der Waals surface area contributed by atoms with Crippen LogP contribution < -0.4 is 5.32 Å². The van der Waals surface area contributed by atoms with Crippen molar-refractivity contribution in [1.29, 1.82) is 0 Å². The fourth-order valence-corrected chi connectivity index (χ4v) is 2.81. The van der Waals surface area contributed by atoms with E-state index in [4.69, 9.17) is 16.3 Å². The number of halogens is 1. The van der Waals surface area contributed by atoms with Crippen molar-refractivity contribution in [1.82, 2.24) is 5.32 Å². The fraction of sp³-hybridized carbons (Fsp3) is 0.667. The summed E-state index contributed by atoms with van der Waals surface area (Å²) in [7, 11) is 1.73. The highest BCUT2D eigenvalue weighted by Crippen LogP contribution is 2.22. The maximum atomic E-state index is 5.89. The van der Waals surface area contributed by atoms with Gasteiger partial charge in [0.05, 0.1) is 10.9 Å². The molecule has 1 aromatic heterocycles. The summed E-state index contributed by atoms with van der Waals surface area (Å²) in [6.07, 6.45) is 2.22. The van der Waals surface area contributed by atoms with Gasteiger partial charge in [0.15, 0.2) is 0 Å². The predicted octanol–water partition coefficient (Wildman–Crippen LogP) is 3.35. The molecule has 0 aliphatic carbocycles. The Bertz CT molecular complexity index is 303. The van der Waals surface area contributed by atoms with Crippen LogP contribution in [0.15, 0.2) is 12.1 Å². The number of rotatable bonds is 7. The molecule has 4 heteroatoms. The van der Waals surface area contributed by atoms with E-state index in [2.05, 4.69) is 25.2 Å². The lowest BCUT2D eigenvalue weighted by molar-refractivity contribution is 0.167. The van der Waals surface area contributed by atoms with Crippen LogP contribution in [0.4, 0.5) is 0 Å². The lowest BCUT2D eigenvalue weighted by atomic mass is 10.1. The van der Waals surface area contributed by atoms with Crippen LogP contribution >= 0.6 is 22.9 Å². The molecular weight excluding hydrogens is 242 g/mol. The van der Waals surface area contributed by atoms with Crippen LogP contribution in [0.2, 0.25) is 4.34 Å². The predicted molar refractivity (Wildman–Crippen MR) is 71.6 cm³/mol. The van der Waals surface area contributed by atoms with Crippen molar-refractivity contribution in [3.8, 4) is 0 Å². The third-order valence-corrected chi connectivity index (χ3v) is 3.73. The number of thiophene rings is 1. The molecule has 0 saturated carbocycles. The van der Waals surface area contributed by atoms with Crippen LogP contribution in [0.25, 0.3) is 0 Å². The van der Waals surface area contributed by atoms with Crippen molar-refractivity contribution < 1.29 is 4.74 Å². The third-order valence-electron chi connectivity index (χ3n) is 2.44. The SMILES string of the molecule is COCC(C)NC(C)CCc1ccc(Cl)s1. The Hall–Kier alpha value is -0.0900. The Morgan fingerprint density at radius 1 is 1.38 bits per heavy atom. The van der Waals surface area contributed by atoms with Crippen molar-refractivity contribution >= 4 is 22.9 Å². The summed E-state index contributed by atoms with van der Waals surface area (Å²) in [4.78, 5) is 1.36. The summed E-state index contributed by atoms with van der Waals surface area (Å²) < 4.78 is 5.97. The highest BCUT2D eigenvalue weighted by Gasteiger charge is 2.07. The monoisotopic (exact) mass is 261 g/mol. The number of nitrogens with one attached hydrogen (secondary N) is 1. The molecule has 2 nitrogen and oxygen atoms in total. The summed E-state index contributed by atoms with van der Waals surface area (Å²) in [6.45, 7) is 5.11. The normalized spacial score (nSPS) is 15.0. The molecule has 1 rings (SSSR count). The van der Waals surface area contributed by atoms with E-state index in [1.54, 1.807) is 18.4 Å². The molecule has 0 radical (unpaired) electrons. The van der Waals surface area contributed by atoms with Crippen molar-refractivity contribution in [2.45, 2.75) is 38.8 Å². The Kier molecular flexibility index (Phi) is 6.36. The van der Waals surface area contributed by atoms with E-state index in [1.807, 2.05) is 6.07 Å². The van der Waals surface area contributed by atoms with Crippen LogP contribution in [-0.2, 0) is 11.2 Å². The largest absolute Gasteiger partial charge is 0.383 e. The van der Waals surface area contributed by atoms with Gasteiger partial charge in [-0.2, -0.15) is 0 Å². The molecule has 0 aromatic carbocycles. The van der Waals surface area contributed by atoms with Gasteiger partial charge in [0.25, 0.3) is 0 Å². The van der Waals surface area contributed by atoms with Crippen LogP contribution in [0.1, 0.15) is 25.1 Å². The van der Waals surface area contributed by atoms with Crippen molar-refractivity contribution in [2.75, 3.05) is 13.7 Å². The molecule has 0 spiro atoms. The summed E-state index contributed by atoms with van der Waals surface area (Å²) in [5, 5.41) is 3.50. The zero-order chi connectivity index (χ0) is 12.0. The van der Waals surface area contributed by atoms with E-state index in [0.29, 0.717) is 12.1 Å². The van der Waals surface area contributed by atoms with Gasteiger partial charge in [-0.3, -0.25) is 0 Å². The van der Waals surface area contributed by atoms with Crippen LogP contribution in [0.3, 0.4) is 0 Å². The molecular formula is C12H20ClNOS. The van der Waals surface area contributed by atoms with Crippen LogP contribution in [0.5, 0.6) is 0 Å². The molecule has 0 bridgehead atoms. The summed E-state index contributed by atoms with van der Waals surface area (Å²) in [5.74, 6) is 0. The van der Waals surface area contributed by atoms with Gasteiger partial charge in [-0.15, -0.1) is 11.3 Å². The Balaban J connectivity index is 2.22. The molecule has 1 aromatic rings. The van der Waals surface area contributed by atoms with Crippen molar-refractivity contribution in [3.05, 3.63) is 21.3 Å². The molecule has 0 amide bonds. The van der Waals surface area contributed by atoms with E-state index < -0.39 is 0 Å². The first-order chi connectivity index (χ1) is 7.61. The van der Waals surface area contributed by atoms with Gasteiger partial charge in [0.1, 0.15) is 0 Å². The topological polar surface area (TPSA) is 21.3 Å². The molecule has 2 unspecified atom stereocenters. The first-order valence-corrected chi connectivity index (χ1v) is 6.80. The number of ether oxygens (including phenoxy) is 1. The highest BCUT2D eigenvalue weighted by molar-refractivity contribution is 7.16. The number of hydrogen-bond acceptors (Lipinski definition) is 3. The first kappa shape index (κ1) is 14.0. The van der Waals surface area contributed by atoms with Crippen molar-refractivity contribution in [2.24, 2.45) is 0 Å². The van der Waals surface area contributed by atoms with E-state index in [0.717, 1.165) is 23.8 Å². The number of methoxy groups -OCH3 is 1. The molecule has 16 heavy (non-hydrogen) atoms. The Morgan fingerprint density at radius 2 is 2.12 bits per heavy atom. The smallest absolute Gasteiger partial charge is 0.0931 e. The van der Waals surface area contributed by atoms with Crippen LogP contribution in [-0.4, -0.2) is 25.8 Å². The van der Waals surface area contributed by atoms with E-state index in [1.165, 1.54) is 4.88 Å². The maximum Gasteiger partial charge on any atom is 0.0931 e. The molecule has 0 saturated heterocycles. The first-order valence-electron chi connectivity index (χ1n) is 5.61. The lowest BCUT2D eigenvalue weighted by Crippen LogP contribution is -2.37. The van der Waals surface area contributed by atoms with Gasteiger partial charge in [0.2, 0.25) is 0 Å². The third kappa shape index (κ3) is 5.30. The average Bonchev–Trinajstić information content (AvgIpc) is 2.61. The molecule has 92 valence electrons. The second kappa shape index (κ2) is 7.28. The molecule has 1 N–H and O–H groups in total. The summed E-state index contributed by atoms with van der Waals surface area (Å²) in [5.41, 5.74) is 0. The van der Waals surface area contributed by atoms with Gasteiger partial charge in [-0.05, 0) is 38.8 Å². The van der Waals surface area contributed by atoms with Gasteiger partial charge in [-0.1, -0.05) is 11.6 Å². The van der Waals surface area contributed by atoms with E-state index >= 15 is 0 Å². The summed E-state index contributed by atoms with van der Waals surface area (Å²) in [6, 6.07) is 4.99. The second-order valence-corrected chi connectivity index (χ2v) is 5.97. The van der Waals surface area contributed by atoms with E-state index in [9.17, 15) is 0 Å². The fourth-order valence-electron chi connectivity index (χ4n) is 1.71. The molecule has 0 aliphatic rings. The maximum absolute atomic E-state index is 5.89. The highest BCUT2D eigenvalue weighted by atomic mass is 35.5. The Morgan fingerprint density at radius 3 is 2.69 bits per heavy atom.